The number of esters is 1. The van der Waals surface area contributed by atoms with E-state index in [0.29, 0.717) is 13.0 Å². The number of carbonyl (C=O) groups is 2. The van der Waals surface area contributed by atoms with Crippen molar-refractivity contribution in [2.24, 2.45) is 22.2 Å². The number of benzene rings is 2. The van der Waals surface area contributed by atoms with Crippen LogP contribution in [0.3, 0.4) is 0 Å². The van der Waals surface area contributed by atoms with Crippen LogP contribution in [0.5, 0.6) is 0 Å². The van der Waals surface area contributed by atoms with Crippen LogP contribution >= 0.6 is 0 Å². The molecule has 1 N–H and O–H groups in total. The molecule has 1 aliphatic heterocycles. The summed E-state index contributed by atoms with van der Waals surface area (Å²) >= 11 is 0. The second kappa shape index (κ2) is 11.9. The first-order valence-electron chi connectivity index (χ1n) is 16.0. The van der Waals surface area contributed by atoms with E-state index in [-0.39, 0.29) is 40.8 Å². The van der Waals surface area contributed by atoms with Crippen molar-refractivity contribution in [2.75, 3.05) is 18.1 Å². The molecule has 5 nitrogen and oxygen atoms in total. The molecule has 1 amide bonds. The predicted octanol–water partition coefficient (Wildman–Crippen LogP) is 9.18. The van der Waals surface area contributed by atoms with E-state index in [0.717, 1.165) is 6.42 Å². The number of nitrogens with one attached hydrogen (secondary N) is 1. The van der Waals surface area contributed by atoms with Gasteiger partial charge in [-0.25, -0.2) is 0 Å². The quantitative estimate of drug-likeness (QED) is 0.221. The van der Waals surface area contributed by atoms with Crippen LogP contribution in [0.25, 0.3) is 10.8 Å². The lowest BCUT2D eigenvalue weighted by Gasteiger charge is -2.45. The predicted molar refractivity (Wildman–Crippen MR) is 181 cm³/mol. The molecule has 2 aromatic carbocycles. The lowest BCUT2D eigenvalue weighted by atomic mass is 9.69. The summed E-state index contributed by atoms with van der Waals surface area (Å²) in [5.74, 6) is -0.0719. The van der Waals surface area contributed by atoms with Gasteiger partial charge in [0.15, 0.2) is 0 Å². The zero-order valence-electron chi connectivity index (χ0n) is 29.5. The molecule has 43 heavy (non-hydrogen) atoms. The van der Waals surface area contributed by atoms with Gasteiger partial charge in [-0.3, -0.25) is 9.59 Å². The molecular formula is C38H58N2O3. The maximum Gasteiger partial charge on any atom is 0.312 e. The number of ether oxygens (including phenoxy) is 1. The van der Waals surface area contributed by atoms with Gasteiger partial charge < -0.3 is 15.0 Å². The Labute approximate surface area is 261 Å². The third-order valence-electron chi connectivity index (χ3n) is 9.42. The molecule has 0 radical (unpaired) electrons. The summed E-state index contributed by atoms with van der Waals surface area (Å²) in [6.45, 7) is 30.6. The second-order valence-electron chi connectivity index (χ2n) is 16.6. The molecule has 2 aromatic rings. The van der Waals surface area contributed by atoms with E-state index in [1.807, 2.05) is 20.8 Å². The van der Waals surface area contributed by atoms with Crippen molar-refractivity contribution in [1.82, 2.24) is 5.32 Å². The Morgan fingerprint density at radius 3 is 2.07 bits per heavy atom. The standard InChI is InChI=1S/C38H58N2O3/c1-25(2)31-37(12,13)30-28-18-16-15-17-27(28)19-20-29(30)40(31)36(10,11)24-35(8,9)32(41)39-21-22-43-33(42)38(14,26(3)4)23-34(5,6)7/h15-20,26H,21-24H2,1-14H3,(H,39,41). The lowest BCUT2D eigenvalue weighted by molar-refractivity contribution is -0.160. The third kappa shape index (κ3) is 6.97. The molecule has 1 aliphatic rings. The zero-order chi connectivity index (χ0) is 32.8. The molecule has 1 unspecified atom stereocenters. The van der Waals surface area contributed by atoms with Crippen LogP contribution in [0.1, 0.15) is 115 Å². The average molecular weight is 591 g/mol. The maximum atomic E-state index is 13.6. The Balaban J connectivity index is 1.77. The first-order valence-corrected chi connectivity index (χ1v) is 16.0. The van der Waals surface area contributed by atoms with Crippen LogP contribution in [0.15, 0.2) is 47.7 Å². The first-order chi connectivity index (χ1) is 19.6. The molecule has 1 heterocycles. The SMILES string of the molecule is CC(C)=C1N(C(C)(C)CC(C)(C)C(=O)NCCOC(=O)C(C)(CC(C)(C)C)C(C)C)c2ccc3ccccc3c2C1(C)C. The molecule has 3 rings (SSSR count). The molecular weight excluding hydrogens is 532 g/mol. The molecule has 5 heteroatoms. The maximum absolute atomic E-state index is 13.6. The Kier molecular flexibility index (Phi) is 9.62. The van der Waals surface area contributed by atoms with E-state index >= 15 is 0 Å². The molecule has 0 saturated heterocycles. The molecule has 0 fully saturated rings. The van der Waals surface area contributed by atoms with Crippen molar-refractivity contribution < 1.29 is 14.3 Å². The van der Waals surface area contributed by atoms with Crippen molar-refractivity contribution in [2.45, 2.75) is 121 Å². The minimum atomic E-state index is -0.650. The van der Waals surface area contributed by atoms with E-state index in [1.165, 1.54) is 33.3 Å². The summed E-state index contributed by atoms with van der Waals surface area (Å²) in [6, 6.07) is 13.1. The van der Waals surface area contributed by atoms with Crippen LogP contribution in [0, 0.1) is 22.2 Å². The van der Waals surface area contributed by atoms with E-state index in [9.17, 15) is 9.59 Å². The highest BCUT2D eigenvalue weighted by Crippen LogP contribution is 2.55. The minimum Gasteiger partial charge on any atom is -0.463 e. The normalized spacial score (nSPS) is 16.7. The van der Waals surface area contributed by atoms with Gasteiger partial charge in [0.25, 0.3) is 0 Å². The molecule has 0 saturated carbocycles. The fraction of sp³-hybridized carbons (Fsp3) is 0.632. The van der Waals surface area contributed by atoms with Crippen molar-refractivity contribution in [1.29, 1.82) is 0 Å². The van der Waals surface area contributed by atoms with Gasteiger partial charge in [0.1, 0.15) is 6.61 Å². The van der Waals surface area contributed by atoms with Crippen LogP contribution < -0.4 is 10.2 Å². The van der Waals surface area contributed by atoms with Gasteiger partial charge in [0.05, 0.1) is 12.0 Å². The van der Waals surface area contributed by atoms with Crippen molar-refractivity contribution in [3.63, 3.8) is 0 Å². The van der Waals surface area contributed by atoms with Crippen LogP contribution in [-0.4, -0.2) is 30.6 Å². The van der Waals surface area contributed by atoms with Gasteiger partial charge >= 0.3 is 5.97 Å². The van der Waals surface area contributed by atoms with Gasteiger partial charge in [-0.15, -0.1) is 0 Å². The number of anilines is 1. The Hall–Kier alpha value is -2.82. The summed E-state index contributed by atoms with van der Waals surface area (Å²) in [5.41, 5.74) is 3.40. The van der Waals surface area contributed by atoms with Crippen LogP contribution in [-0.2, 0) is 19.7 Å². The minimum absolute atomic E-state index is 0.00657. The number of fused-ring (bicyclic) bond motifs is 3. The highest BCUT2D eigenvalue weighted by molar-refractivity contribution is 5.95. The summed E-state index contributed by atoms with van der Waals surface area (Å²) in [5, 5.41) is 5.59. The Morgan fingerprint density at radius 2 is 1.51 bits per heavy atom. The van der Waals surface area contributed by atoms with Gasteiger partial charge in [0, 0.05) is 27.8 Å². The van der Waals surface area contributed by atoms with Gasteiger partial charge in [-0.05, 0) is 81.2 Å². The van der Waals surface area contributed by atoms with Crippen molar-refractivity contribution in [3.05, 3.63) is 53.2 Å². The summed E-state index contributed by atoms with van der Waals surface area (Å²) in [4.78, 5) is 29.2. The van der Waals surface area contributed by atoms with Gasteiger partial charge in [-0.1, -0.05) is 98.2 Å². The summed E-state index contributed by atoms with van der Waals surface area (Å²) in [7, 11) is 0. The van der Waals surface area contributed by atoms with Crippen LogP contribution in [0.2, 0.25) is 0 Å². The largest absolute Gasteiger partial charge is 0.463 e. The van der Waals surface area contributed by atoms with E-state index < -0.39 is 10.8 Å². The van der Waals surface area contributed by atoms with Crippen LogP contribution in [0.4, 0.5) is 5.69 Å². The Bertz CT molecular complexity index is 1390. The smallest absolute Gasteiger partial charge is 0.312 e. The summed E-state index contributed by atoms with van der Waals surface area (Å²) < 4.78 is 5.73. The lowest BCUT2D eigenvalue weighted by Crippen LogP contribution is -2.50. The topological polar surface area (TPSA) is 58.6 Å². The number of hydrogen-bond acceptors (Lipinski definition) is 4. The van der Waals surface area contributed by atoms with Crippen molar-refractivity contribution >= 4 is 28.3 Å². The van der Waals surface area contributed by atoms with E-state index in [2.05, 4.69) is 123 Å². The Morgan fingerprint density at radius 1 is 0.907 bits per heavy atom. The number of rotatable bonds is 10. The highest BCUT2D eigenvalue weighted by atomic mass is 16.5. The number of allylic oxidation sites excluding steroid dienone is 2. The molecule has 0 spiro atoms. The number of hydrogen-bond donors (Lipinski definition) is 1. The number of amides is 1. The highest BCUT2D eigenvalue weighted by Gasteiger charge is 2.49. The fourth-order valence-electron chi connectivity index (χ4n) is 7.67. The monoisotopic (exact) mass is 590 g/mol. The average Bonchev–Trinajstić information content (AvgIpc) is 3.12. The molecule has 0 bridgehead atoms. The second-order valence-corrected chi connectivity index (χ2v) is 16.6. The molecule has 0 aliphatic carbocycles. The van der Waals surface area contributed by atoms with Gasteiger partial charge in [0.2, 0.25) is 5.91 Å². The first kappa shape index (κ1) is 34.7. The van der Waals surface area contributed by atoms with E-state index in [4.69, 9.17) is 4.74 Å². The molecule has 238 valence electrons. The van der Waals surface area contributed by atoms with E-state index in [1.54, 1.807) is 0 Å². The number of carbonyl (C=O) groups excluding carboxylic acids is 2. The fourth-order valence-corrected chi connectivity index (χ4v) is 7.67. The zero-order valence-corrected chi connectivity index (χ0v) is 29.5. The number of nitrogens with zero attached hydrogens (tertiary/aromatic N) is 1. The van der Waals surface area contributed by atoms with Gasteiger partial charge in [-0.2, -0.15) is 0 Å². The van der Waals surface area contributed by atoms with Crippen molar-refractivity contribution in [3.8, 4) is 0 Å². The third-order valence-corrected chi connectivity index (χ3v) is 9.42. The summed E-state index contributed by atoms with van der Waals surface area (Å²) in [6.07, 6.45) is 1.38. The molecule has 0 aromatic heterocycles. The molecule has 1 atom stereocenters.